The number of fused-ring (bicyclic) bond motifs is 3. The molecule has 3 aliphatic heterocycles. The Bertz CT molecular complexity index is 1850. The van der Waals surface area contributed by atoms with E-state index in [9.17, 15) is 15.3 Å². The Labute approximate surface area is 354 Å². The van der Waals surface area contributed by atoms with Gasteiger partial charge in [0.1, 0.15) is 17.5 Å². The number of aliphatic hydroxyl groups excluding tert-OH is 2. The van der Waals surface area contributed by atoms with E-state index in [0.717, 1.165) is 86.6 Å². The predicted octanol–water partition coefficient (Wildman–Crippen LogP) is 8.28. The van der Waals surface area contributed by atoms with Crippen molar-refractivity contribution in [2.24, 2.45) is 28.8 Å². The molecular weight excluding hydrogens is 765 g/mol. The maximum absolute atomic E-state index is 15.2. The van der Waals surface area contributed by atoms with Crippen molar-refractivity contribution in [2.75, 3.05) is 33.2 Å². The first-order chi connectivity index (χ1) is 29.4. The predicted molar refractivity (Wildman–Crippen MR) is 226 cm³/mol. The summed E-state index contributed by atoms with van der Waals surface area (Å²) in [5, 5.41) is 35.9. The fourth-order valence-electron chi connectivity index (χ4n) is 11.0. The summed E-state index contributed by atoms with van der Waals surface area (Å²) in [6, 6.07) is 10.5. The molecule has 0 bridgehead atoms. The number of amides is 1. The third-order valence-electron chi connectivity index (χ3n) is 13.8. The van der Waals surface area contributed by atoms with E-state index in [1.54, 1.807) is 12.1 Å². The summed E-state index contributed by atoms with van der Waals surface area (Å²) in [6.07, 6.45) is 17.1. The van der Waals surface area contributed by atoms with Crippen LogP contribution < -0.4 is 14.2 Å². The Morgan fingerprint density at radius 1 is 0.933 bits per heavy atom. The first-order valence-corrected chi connectivity index (χ1v) is 22.6. The number of carbonyl (C=O) groups excluding carboxylic acids is 1. The molecule has 8 rings (SSSR count). The van der Waals surface area contributed by atoms with Gasteiger partial charge in [-0.3, -0.25) is 4.79 Å². The lowest BCUT2D eigenvalue weighted by Crippen LogP contribution is -2.70. The Hall–Kier alpha value is -4.10. The van der Waals surface area contributed by atoms with Crippen LogP contribution in [0, 0.1) is 23.7 Å². The van der Waals surface area contributed by atoms with Gasteiger partial charge in [0.25, 0.3) is 0 Å². The monoisotopic (exact) mass is 828 g/mol. The van der Waals surface area contributed by atoms with E-state index in [-0.39, 0.29) is 62.6 Å². The molecule has 7 unspecified atom stereocenters. The third-order valence-corrected chi connectivity index (χ3v) is 13.8. The maximum Gasteiger partial charge on any atom is 0.239 e. The summed E-state index contributed by atoms with van der Waals surface area (Å²) >= 11 is 0. The molecule has 3 fully saturated rings. The Morgan fingerprint density at radius 3 is 2.50 bits per heavy atom. The van der Waals surface area contributed by atoms with Crippen molar-refractivity contribution in [3.63, 3.8) is 0 Å². The Kier molecular flexibility index (Phi) is 14.0. The number of carbonyl (C=O) groups is 1. The van der Waals surface area contributed by atoms with Crippen molar-refractivity contribution < 1.29 is 48.6 Å². The van der Waals surface area contributed by atoms with Gasteiger partial charge in [0, 0.05) is 50.5 Å². The molecule has 326 valence electrons. The quantitative estimate of drug-likeness (QED) is 0.0718. The van der Waals surface area contributed by atoms with Gasteiger partial charge in [-0.1, -0.05) is 61.9 Å². The smallest absolute Gasteiger partial charge is 0.239 e. The molecule has 3 N–H and O–H groups in total. The molecule has 0 aromatic heterocycles. The fourth-order valence-corrected chi connectivity index (χ4v) is 11.0. The third kappa shape index (κ3) is 9.08. The molecule has 12 nitrogen and oxygen atoms in total. The number of benzene rings is 2. The van der Waals surface area contributed by atoms with Gasteiger partial charge in [-0.2, -0.15) is 0 Å². The second kappa shape index (κ2) is 19.7. The number of allylic oxidation sites excluding steroid dienone is 1. The van der Waals surface area contributed by atoms with E-state index in [2.05, 4.69) is 12.7 Å². The topological polar surface area (TPSA) is 149 Å². The van der Waals surface area contributed by atoms with Crippen molar-refractivity contribution in [1.29, 1.82) is 0 Å². The normalized spacial score (nSPS) is 28.7. The zero-order valence-electron chi connectivity index (χ0n) is 35.0. The van der Waals surface area contributed by atoms with E-state index >= 15 is 4.79 Å². The standard InChI is InChI=1S/C48H64N2O10/c1-2-24-58-48-43(50(44(54)21-17-32-11-3-4-12-32)30-33-16-19-41-42(26-33)57-31-56-41)29-39(49-60-45-15-7-10-25-55-45)37-27-34(13-5-8-22-51)36(14-6-9-23-52)46(47(37)48)38-28-35(53)18-20-40(38)59-48/h2,16,18-20,26-28,32,34,36,43,45-47,51-53H,1,3-15,17,21-25,29-31H2. The van der Waals surface area contributed by atoms with E-state index in [0.29, 0.717) is 55.5 Å². The Morgan fingerprint density at radius 2 is 1.72 bits per heavy atom. The number of aromatic hydroxyl groups is 1. The van der Waals surface area contributed by atoms with Crippen LogP contribution in [0.2, 0.25) is 0 Å². The van der Waals surface area contributed by atoms with Gasteiger partial charge in [-0.25, -0.2) is 0 Å². The number of nitrogens with zero attached hydrogens (tertiary/aromatic N) is 2. The highest BCUT2D eigenvalue weighted by molar-refractivity contribution is 6.03. The van der Waals surface area contributed by atoms with Crippen LogP contribution >= 0.6 is 0 Å². The van der Waals surface area contributed by atoms with Crippen LogP contribution in [-0.4, -0.2) is 83.2 Å². The highest BCUT2D eigenvalue weighted by Gasteiger charge is 2.65. The number of hydrogen-bond donors (Lipinski definition) is 3. The van der Waals surface area contributed by atoms with Crippen LogP contribution in [-0.2, 0) is 25.7 Å². The van der Waals surface area contributed by atoms with Gasteiger partial charge < -0.3 is 48.7 Å². The van der Waals surface area contributed by atoms with Crippen molar-refractivity contribution in [3.05, 3.63) is 71.8 Å². The first-order valence-electron chi connectivity index (χ1n) is 22.6. The Balaban J connectivity index is 1.30. The zero-order chi connectivity index (χ0) is 41.5. The minimum absolute atomic E-state index is 0.0169. The molecule has 3 heterocycles. The molecule has 2 aromatic rings. The van der Waals surface area contributed by atoms with Gasteiger partial charge >= 0.3 is 0 Å². The molecule has 0 spiro atoms. The molecule has 2 aromatic carbocycles. The minimum atomic E-state index is -1.39. The van der Waals surface area contributed by atoms with Crippen LogP contribution in [0.4, 0.5) is 0 Å². The maximum atomic E-state index is 15.2. The van der Waals surface area contributed by atoms with E-state index in [1.165, 1.54) is 12.8 Å². The lowest BCUT2D eigenvalue weighted by atomic mass is 9.55. The highest BCUT2D eigenvalue weighted by atomic mass is 16.8. The molecule has 2 saturated carbocycles. The summed E-state index contributed by atoms with van der Waals surface area (Å²) in [7, 11) is 0. The van der Waals surface area contributed by atoms with Gasteiger partial charge in [0.15, 0.2) is 11.5 Å². The number of rotatable bonds is 19. The summed E-state index contributed by atoms with van der Waals surface area (Å²) < 4.78 is 32.0. The molecule has 60 heavy (non-hydrogen) atoms. The van der Waals surface area contributed by atoms with Gasteiger partial charge in [-0.05, 0) is 104 Å². The van der Waals surface area contributed by atoms with E-state index < -0.39 is 24.0 Å². The molecule has 3 aliphatic carbocycles. The lowest BCUT2D eigenvalue weighted by molar-refractivity contribution is -0.258. The lowest BCUT2D eigenvalue weighted by Gasteiger charge is -2.60. The summed E-state index contributed by atoms with van der Waals surface area (Å²) in [5.41, 5.74) is 3.47. The fraction of sp³-hybridized carbons (Fsp3) is 0.625. The van der Waals surface area contributed by atoms with Crippen LogP contribution in [0.5, 0.6) is 23.0 Å². The SMILES string of the molecule is C=CCOC12Oc3ccc(O)cc3C3C(CCCCO)C(CCCCO)C=C(C(=NOC4CCCCO4)CC1N(Cc1ccc4c(c1)OCO4)C(=O)CCC1CCCC1)C32. The number of unbranched alkanes of at least 4 members (excludes halogenated alkanes) is 2. The first kappa shape index (κ1) is 42.6. The van der Waals surface area contributed by atoms with Crippen LogP contribution in [0.25, 0.3) is 0 Å². The average molecular weight is 829 g/mol. The summed E-state index contributed by atoms with van der Waals surface area (Å²) in [4.78, 5) is 23.4. The second-order valence-corrected chi connectivity index (χ2v) is 17.6. The van der Waals surface area contributed by atoms with E-state index in [4.69, 9.17) is 33.7 Å². The summed E-state index contributed by atoms with van der Waals surface area (Å²) in [5.74, 6) is 0.683. The van der Waals surface area contributed by atoms with Gasteiger partial charge in [0.05, 0.1) is 24.8 Å². The molecule has 1 amide bonds. The van der Waals surface area contributed by atoms with E-state index in [1.807, 2.05) is 35.2 Å². The summed E-state index contributed by atoms with van der Waals surface area (Å²) in [6.45, 7) is 5.48. The van der Waals surface area contributed by atoms with Crippen molar-refractivity contribution >= 4 is 11.6 Å². The van der Waals surface area contributed by atoms with Crippen LogP contribution in [0.15, 0.2) is 65.9 Å². The van der Waals surface area contributed by atoms with Gasteiger partial charge in [0.2, 0.25) is 24.8 Å². The van der Waals surface area contributed by atoms with Crippen molar-refractivity contribution in [2.45, 2.75) is 133 Å². The van der Waals surface area contributed by atoms with Crippen molar-refractivity contribution in [3.8, 4) is 23.0 Å². The highest BCUT2D eigenvalue weighted by Crippen LogP contribution is 2.62. The van der Waals surface area contributed by atoms with Crippen molar-refractivity contribution in [1.82, 2.24) is 4.90 Å². The van der Waals surface area contributed by atoms with Gasteiger partial charge in [-0.15, -0.1) is 6.58 Å². The second-order valence-electron chi connectivity index (χ2n) is 17.6. The number of ether oxygens (including phenoxy) is 5. The molecular formula is C48H64N2O10. The number of hydrogen-bond acceptors (Lipinski definition) is 11. The minimum Gasteiger partial charge on any atom is -0.508 e. The number of aliphatic hydroxyl groups is 2. The molecule has 0 radical (unpaired) electrons. The zero-order valence-corrected chi connectivity index (χ0v) is 35.0. The molecule has 12 heteroatoms. The number of phenolic OH excluding ortho intramolecular Hbond substituents is 1. The largest absolute Gasteiger partial charge is 0.508 e. The molecule has 6 aliphatic rings. The number of phenols is 1. The average Bonchev–Trinajstić information content (AvgIpc) is 3.98. The molecule has 1 saturated heterocycles. The van der Waals surface area contributed by atoms with Crippen LogP contribution in [0.3, 0.4) is 0 Å². The molecule has 7 atom stereocenters. The number of oxime groups is 1. The van der Waals surface area contributed by atoms with Crippen LogP contribution in [0.1, 0.15) is 120 Å².